The third kappa shape index (κ3) is 4.29. The molecule has 0 amide bonds. The molecule has 1 saturated heterocycles. The minimum atomic E-state index is -3.57. The fourth-order valence-electron chi connectivity index (χ4n) is 2.28. The molecular formula is C13H21ClN4O2S. The molecule has 21 heavy (non-hydrogen) atoms. The average Bonchev–Trinajstić information content (AvgIpc) is 2.43. The third-order valence-electron chi connectivity index (χ3n) is 3.51. The van der Waals surface area contributed by atoms with Crippen LogP contribution in [0.5, 0.6) is 0 Å². The maximum absolute atomic E-state index is 12.4. The Labute approximate surface area is 130 Å². The minimum Gasteiger partial charge on any atom is -0.369 e. The first-order valence-electron chi connectivity index (χ1n) is 7.02. The number of nitrogens with one attached hydrogen (secondary N) is 2. The lowest BCUT2D eigenvalue weighted by atomic mass is 10.1. The van der Waals surface area contributed by atoms with Gasteiger partial charge in [-0.05, 0) is 46.0 Å². The van der Waals surface area contributed by atoms with Crippen LogP contribution in [0.1, 0.15) is 19.8 Å². The van der Waals surface area contributed by atoms with Crippen molar-refractivity contribution in [1.29, 1.82) is 0 Å². The second-order valence-electron chi connectivity index (χ2n) is 5.23. The molecular weight excluding hydrogens is 312 g/mol. The van der Waals surface area contributed by atoms with Crippen LogP contribution in [0.4, 0.5) is 5.82 Å². The molecule has 1 aromatic heterocycles. The summed E-state index contributed by atoms with van der Waals surface area (Å²) in [5.41, 5.74) is 0. The van der Waals surface area contributed by atoms with Crippen molar-refractivity contribution in [2.75, 3.05) is 32.0 Å². The Hall–Kier alpha value is -0.890. The van der Waals surface area contributed by atoms with E-state index in [4.69, 9.17) is 11.6 Å². The van der Waals surface area contributed by atoms with Crippen molar-refractivity contribution in [3.8, 4) is 0 Å². The molecule has 0 unspecified atom stereocenters. The van der Waals surface area contributed by atoms with Crippen molar-refractivity contribution < 1.29 is 8.42 Å². The second-order valence-corrected chi connectivity index (χ2v) is 7.35. The van der Waals surface area contributed by atoms with Crippen LogP contribution in [0.25, 0.3) is 0 Å². The van der Waals surface area contributed by atoms with Gasteiger partial charge in [-0.1, -0.05) is 11.6 Å². The fraction of sp³-hybridized carbons (Fsp3) is 0.615. The molecule has 0 aromatic carbocycles. The lowest BCUT2D eigenvalue weighted by molar-refractivity contribution is 0.248. The van der Waals surface area contributed by atoms with E-state index in [-0.39, 0.29) is 10.9 Å². The van der Waals surface area contributed by atoms with Gasteiger partial charge >= 0.3 is 0 Å². The fourth-order valence-corrected chi connectivity index (χ4v) is 3.85. The molecule has 0 aliphatic carbocycles. The van der Waals surface area contributed by atoms with E-state index in [9.17, 15) is 8.42 Å². The summed E-state index contributed by atoms with van der Waals surface area (Å²) >= 11 is 6.05. The Morgan fingerprint density at radius 1 is 1.43 bits per heavy atom. The van der Waals surface area contributed by atoms with Gasteiger partial charge in [0.15, 0.2) is 0 Å². The summed E-state index contributed by atoms with van der Waals surface area (Å²) < 4.78 is 27.5. The number of anilines is 1. The third-order valence-corrected chi connectivity index (χ3v) is 5.29. The highest BCUT2D eigenvalue weighted by molar-refractivity contribution is 7.89. The zero-order valence-corrected chi connectivity index (χ0v) is 13.8. The van der Waals surface area contributed by atoms with E-state index in [1.807, 2.05) is 14.0 Å². The van der Waals surface area contributed by atoms with Crippen LogP contribution in [-0.4, -0.2) is 51.0 Å². The molecule has 0 bridgehead atoms. The molecule has 8 heteroatoms. The normalized spacial score (nSPS) is 17.9. The summed E-state index contributed by atoms with van der Waals surface area (Å²) in [6.07, 6.45) is 2.96. The smallest absolute Gasteiger partial charge is 0.242 e. The molecule has 0 spiro atoms. The highest BCUT2D eigenvalue weighted by atomic mass is 35.5. The van der Waals surface area contributed by atoms with Crippen LogP contribution in [0.2, 0.25) is 5.02 Å². The van der Waals surface area contributed by atoms with E-state index in [2.05, 4.69) is 19.9 Å². The Morgan fingerprint density at radius 3 is 2.67 bits per heavy atom. The Balaban J connectivity index is 2.10. The van der Waals surface area contributed by atoms with E-state index in [1.165, 1.54) is 12.3 Å². The maximum Gasteiger partial charge on any atom is 0.242 e. The minimum absolute atomic E-state index is 0.0292. The van der Waals surface area contributed by atoms with Gasteiger partial charge in [-0.2, -0.15) is 0 Å². The predicted octanol–water partition coefficient (Wildman–Crippen LogP) is 1.54. The maximum atomic E-state index is 12.4. The number of nitrogens with zero attached hydrogens (tertiary/aromatic N) is 2. The van der Waals surface area contributed by atoms with Gasteiger partial charge in [0.1, 0.15) is 10.7 Å². The van der Waals surface area contributed by atoms with Gasteiger partial charge in [0.25, 0.3) is 0 Å². The highest BCUT2D eigenvalue weighted by Gasteiger charge is 2.24. The number of pyridine rings is 1. The lowest BCUT2D eigenvalue weighted by Crippen LogP contribution is -2.43. The van der Waals surface area contributed by atoms with Crippen LogP contribution in [0.15, 0.2) is 17.2 Å². The SMILES string of the molecule is CCNc1ncc(S(=O)(=O)NC2CCN(C)CC2)cc1Cl. The van der Waals surface area contributed by atoms with Crippen LogP contribution >= 0.6 is 11.6 Å². The number of aromatic nitrogens is 1. The monoisotopic (exact) mass is 332 g/mol. The van der Waals surface area contributed by atoms with Gasteiger partial charge in [-0.3, -0.25) is 0 Å². The van der Waals surface area contributed by atoms with Crippen molar-refractivity contribution >= 4 is 27.4 Å². The van der Waals surface area contributed by atoms with Crippen molar-refractivity contribution in [3.63, 3.8) is 0 Å². The van der Waals surface area contributed by atoms with Crippen molar-refractivity contribution in [2.45, 2.75) is 30.7 Å². The number of sulfonamides is 1. The molecule has 118 valence electrons. The number of piperidine rings is 1. The summed E-state index contributed by atoms with van der Waals surface area (Å²) in [4.78, 5) is 6.36. The lowest BCUT2D eigenvalue weighted by Gasteiger charge is -2.29. The molecule has 1 aromatic rings. The first-order valence-corrected chi connectivity index (χ1v) is 8.89. The summed E-state index contributed by atoms with van der Waals surface area (Å²) in [5, 5.41) is 3.29. The van der Waals surface area contributed by atoms with E-state index in [0.717, 1.165) is 25.9 Å². The number of rotatable bonds is 5. The van der Waals surface area contributed by atoms with Crippen molar-refractivity contribution in [3.05, 3.63) is 17.3 Å². The molecule has 1 fully saturated rings. The first kappa shape index (κ1) is 16.5. The summed E-state index contributed by atoms with van der Waals surface area (Å²) in [5.74, 6) is 0.498. The average molecular weight is 333 g/mol. The van der Waals surface area contributed by atoms with Gasteiger partial charge in [0.05, 0.1) is 5.02 Å². The summed E-state index contributed by atoms with van der Waals surface area (Å²) in [6, 6.07) is 1.41. The van der Waals surface area contributed by atoms with E-state index < -0.39 is 10.0 Å². The molecule has 1 aliphatic heterocycles. The van der Waals surface area contributed by atoms with Gasteiger partial charge in [0.2, 0.25) is 10.0 Å². The zero-order chi connectivity index (χ0) is 15.5. The van der Waals surface area contributed by atoms with E-state index >= 15 is 0 Å². The topological polar surface area (TPSA) is 74.3 Å². The quantitative estimate of drug-likeness (QED) is 0.855. The van der Waals surface area contributed by atoms with Crippen LogP contribution in [0, 0.1) is 0 Å². The number of hydrogen-bond donors (Lipinski definition) is 2. The molecule has 2 N–H and O–H groups in total. The molecule has 0 atom stereocenters. The van der Waals surface area contributed by atoms with Gasteiger partial charge in [-0.25, -0.2) is 18.1 Å². The second kappa shape index (κ2) is 6.91. The van der Waals surface area contributed by atoms with Crippen LogP contribution in [-0.2, 0) is 10.0 Å². The standard InChI is InChI=1S/C13H21ClN4O2S/c1-3-15-13-12(14)8-11(9-16-13)21(19,20)17-10-4-6-18(2)7-5-10/h8-10,17H,3-7H2,1-2H3,(H,15,16). The van der Waals surface area contributed by atoms with Crippen LogP contribution < -0.4 is 10.0 Å². The van der Waals surface area contributed by atoms with Crippen molar-refractivity contribution in [1.82, 2.24) is 14.6 Å². The van der Waals surface area contributed by atoms with Crippen LogP contribution in [0.3, 0.4) is 0 Å². The largest absolute Gasteiger partial charge is 0.369 e. The Morgan fingerprint density at radius 2 is 2.10 bits per heavy atom. The first-order chi connectivity index (χ1) is 9.92. The molecule has 2 rings (SSSR count). The van der Waals surface area contributed by atoms with Gasteiger partial charge < -0.3 is 10.2 Å². The van der Waals surface area contributed by atoms with E-state index in [1.54, 1.807) is 0 Å². The highest BCUT2D eigenvalue weighted by Crippen LogP contribution is 2.23. The number of halogens is 1. The number of hydrogen-bond acceptors (Lipinski definition) is 5. The Bertz CT molecular complexity index is 586. The molecule has 1 aliphatic rings. The van der Waals surface area contributed by atoms with E-state index in [0.29, 0.717) is 17.4 Å². The molecule has 0 radical (unpaired) electrons. The summed E-state index contributed by atoms with van der Waals surface area (Å²) in [7, 11) is -1.54. The predicted molar refractivity (Wildman–Crippen MR) is 84.3 cm³/mol. The summed E-state index contributed by atoms with van der Waals surface area (Å²) in [6.45, 7) is 4.38. The molecule has 2 heterocycles. The Kier molecular flexibility index (Phi) is 5.43. The van der Waals surface area contributed by atoms with Gasteiger partial charge in [-0.15, -0.1) is 0 Å². The van der Waals surface area contributed by atoms with Crippen molar-refractivity contribution in [2.24, 2.45) is 0 Å². The molecule has 0 saturated carbocycles. The number of likely N-dealkylation sites (tertiary alicyclic amines) is 1. The van der Waals surface area contributed by atoms with Gasteiger partial charge in [0, 0.05) is 18.8 Å². The zero-order valence-electron chi connectivity index (χ0n) is 12.3. The molecule has 6 nitrogen and oxygen atoms in total.